The van der Waals surface area contributed by atoms with Crippen molar-refractivity contribution < 1.29 is 9.53 Å². The summed E-state index contributed by atoms with van der Waals surface area (Å²) in [7, 11) is 1.68. The first-order chi connectivity index (χ1) is 13.7. The summed E-state index contributed by atoms with van der Waals surface area (Å²) >= 11 is 0. The molecule has 1 aromatic carbocycles. The lowest BCUT2D eigenvalue weighted by Gasteiger charge is -2.36. The number of likely N-dealkylation sites (tertiary alicyclic amines) is 1. The van der Waals surface area contributed by atoms with E-state index in [1.54, 1.807) is 7.11 Å². The van der Waals surface area contributed by atoms with Crippen LogP contribution in [-0.4, -0.2) is 47.2 Å². The molecule has 0 unspecified atom stereocenters. The molecule has 1 aromatic heterocycles. The average molecular weight is 383 g/mol. The van der Waals surface area contributed by atoms with Crippen LogP contribution in [0.2, 0.25) is 0 Å². The maximum absolute atomic E-state index is 12.9. The normalized spacial score (nSPS) is 23.6. The molecule has 2 aromatic rings. The number of nitrogens with two attached hydrogens (primary N) is 1. The topological polar surface area (TPSA) is 84.2 Å². The molecule has 0 radical (unpaired) electrons. The predicted octanol–water partition coefficient (Wildman–Crippen LogP) is 3.31. The second-order valence-corrected chi connectivity index (χ2v) is 8.15. The van der Waals surface area contributed by atoms with Gasteiger partial charge in [0.1, 0.15) is 5.75 Å². The maximum Gasteiger partial charge on any atom is 0.225 e. The molecular formula is C22H30N4O2. The number of rotatable bonds is 4. The summed E-state index contributed by atoms with van der Waals surface area (Å²) in [5.74, 6) is 1.67. The molecule has 6 nitrogen and oxygen atoms in total. The van der Waals surface area contributed by atoms with E-state index >= 15 is 0 Å². The van der Waals surface area contributed by atoms with Gasteiger partial charge >= 0.3 is 0 Å². The number of ether oxygens (including phenoxy) is 1. The van der Waals surface area contributed by atoms with Gasteiger partial charge in [-0.2, -0.15) is 5.10 Å². The number of carbonyl (C=O) groups is 1. The standard InChI is InChI=1S/C22H30N4O2/c1-28-19-7-3-4-16(13-19)20-14-24-25-21(20)15-8-10-26(11-9-15)22(27)17-5-2-6-18(23)12-17/h3-4,7,13-15,17-18H,2,5-6,8-12,23H2,1H3,(H,24,25)/t17-,18+/m1/s1. The highest BCUT2D eigenvalue weighted by Gasteiger charge is 2.32. The lowest BCUT2D eigenvalue weighted by Crippen LogP contribution is -2.44. The zero-order valence-corrected chi connectivity index (χ0v) is 16.6. The fourth-order valence-corrected chi connectivity index (χ4v) is 4.73. The Kier molecular flexibility index (Phi) is 5.67. The van der Waals surface area contributed by atoms with Crippen LogP contribution in [0.1, 0.15) is 50.1 Å². The third kappa shape index (κ3) is 3.92. The second kappa shape index (κ2) is 8.35. The monoisotopic (exact) mass is 382 g/mol. The second-order valence-electron chi connectivity index (χ2n) is 8.15. The van der Waals surface area contributed by atoms with Gasteiger partial charge < -0.3 is 15.4 Å². The quantitative estimate of drug-likeness (QED) is 0.850. The number of piperidine rings is 1. The summed E-state index contributed by atoms with van der Waals surface area (Å²) in [5, 5.41) is 7.52. The van der Waals surface area contributed by atoms with Gasteiger partial charge in [-0.3, -0.25) is 9.89 Å². The molecule has 0 bridgehead atoms. The zero-order chi connectivity index (χ0) is 19.5. The number of carbonyl (C=O) groups excluding carboxylic acids is 1. The van der Waals surface area contributed by atoms with E-state index in [1.165, 1.54) is 5.69 Å². The van der Waals surface area contributed by atoms with Crippen LogP contribution in [0.5, 0.6) is 5.75 Å². The van der Waals surface area contributed by atoms with Crippen LogP contribution in [0.15, 0.2) is 30.5 Å². The van der Waals surface area contributed by atoms with Crippen LogP contribution in [0.3, 0.4) is 0 Å². The van der Waals surface area contributed by atoms with Gasteiger partial charge in [0.15, 0.2) is 0 Å². The number of methoxy groups -OCH3 is 1. The fourth-order valence-electron chi connectivity index (χ4n) is 4.73. The van der Waals surface area contributed by atoms with Crippen molar-refractivity contribution in [2.75, 3.05) is 20.2 Å². The van der Waals surface area contributed by atoms with E-state index in [-0.39, 0.29) is 12.0 Å². The Morgan fingerprint density at radius 2 is 2.07 bits per heavy atom. The largest absolute Gasteiger partial charge is 0.497 e. The molecule has 6 heteroatoms. The molecule has 1 saturated heterocycles. The highest BCUT2D eigenvalue weighted by atomic mass is 16.5. The maximum atomic E-state index is 12.9. The van der Waals surface area contributed by atoms with Gasteiger partial charge in [0.2, 0.25) is 5.91 Å². The van der Waals surface area contributed by atoms with E-state index < -0.39 is 0 Å². The van der Waals surface area contributed by atoms with Gasteiger partial charge in [0.25, 0.3) is 0 Å². The molecule has 2 fully saturated rings. The van der Waals surface area contributed by atoms with Crippen molar-refractivity contribution in [3.05, 3.63) is 36.2 Å². The lowest BCUT2D eigenvalue weighted by molar-refractivity contribution is -0.137. The van der Waals surface area contributed by atoms with Gasteiger partial charge in [-0.05, 0) is 49.8 Å². The van der Waals surface area contributed by atoms with E-state index in [0.29, 0.717) is 11.8 Å². The molecule has 2 heterocycles. The van der Waals surface area contributed by atoms with Gasteiger partial charge in [0.05, 0.1) is 13.3 Å². The van der Waals surface area contributed by atoms with Crippen molar-refractivity contribution in [1.29, 1.82) is 0 Å². The number of aromatic nitrogens is 2. The van der Waals surface area contributed by atoms with Crippen LogP contribution in [-0.2, 0) is 4.79 Å². The van der Waals surface area contributed by atoms with Gasteiger partial charge in [-0.15, -0.1) is 0 Å². The van der Waals surface area contributed by atoms with Crippen LogP contribution < -0.4 is 10.5 Å². The van der Waals surface area contributed by atoms with Crippen LogP contribution in [0.4, 0.5) is 0 Å². The van der Waals surface area contributed by atoms with E-state index in [4.69, 9.17) is 10.5 Å². The predicted molar refractivity (Wildman–Crippen MR) is 109 cm³/mol. The lowest BCUT2D eigenvalue weighted by atomic mass is 9.84. The number of amides is 1. The molecular weight excluding hydrogens is 352 g/mol. The number of nitrogens with zero attached hydrogens (tertiary/aromatic N) is 2. The Balaban J connectivity index is 1.42. The molecule has 150 valence electrons. The summed E-state index contributed by atoms with van der Waals surface area (Å²) in [6.07, 6.45) is 7.79. The van der Waals surface area contributed by atoms with E-state index in [9.17, 15) is 4.79 Å². The summed E-state index contributed by atoms with van der Waals surface area (Å²) < 4.78 is 5.36. The summed E-state index contributed by atoms with van der Waals surface area (Å²) in [5.41, 5.74) is 9.48. The number of nitrogens with one attached hydrogen (secondary N) is 1. The molecule has 1 aliphatic heterocycles. The summed E-state index contributed by atoms with van der Waals surface area (Å²) in [6, 6.07) is 8.27. The van der Waals surface area contributed by atoms with Crippen molar-refractivity contribution in [2.45, 2.75) is 50.5 Å². The molecule has 4 rings (SSSR count). The van der Waals surface area contributed by atoms with Crippen molar-refractivity contribution in [2.24, 2.45) is 11.7 Å². The number of hydrogen-bond donors (Lipinski definition) is 2. The van der Waals surface area contributed by atoms with Crippen LogP contribution in [0, 0.1) is 5.92 Å². The number of aromatic amines is 1. The van der Waals surface area contributed by atoms with Crippen LogP contribution >= 0.6 is 0 Å². The van der Waals surface area contributed by atoms with Gasteiger partial charge in [0, 0.05) is 42.2 Å². The summed E-state index contributed by atoms with van der Waals surface area (Å²) in [6.45, 7) is 1.62. The highest BCUT2D eigenvalue weighted by Crippen LogP contribution is 2.35. The average Bonchev–Trinajstić information content (AvgIpc) is 3.23. The first-order valence-electron chi connectivity index (χ1n) is 10.4. The Bertz CT molecular complexity index is 810. The first-order valence-corrected chi connectivity index (χ1v) is 10.4. The Morgan fingerprint density at radius 3 is 2.82 bits per heavy atom. The third-order valence-electron chi connectivity index (χ3n) is 6.33. The molecule has 1 saturated carbocycles. The van der Waals surface area contributed by atoms with Crippen LogP contribution in [0.25, 0.3) is 11.1 Å². The Labute approximate surface area is 166 Å². The van der Waals surface area contributed by atoms with Crippen molar-refractivity contribution in [3.8, 4) is 16.9 Å². The smallest absolute Gasteiger partial charge is 0.225 e. The zero-order valence-electron chi connectivity index (χ0n) is 16.6. The minimum absolute atomic E-state index is 0.125. The SMILES string of the molecule is COc1cccc(-c2cn[nH]c2C2CCN(C(=O)[C@@H]3CCC[C@H](N)C3)CC2)c1. The van der Waals surface area contributed by atoms with E-state index in [0.717, 1.165) is 68.5 Å². The molecule has 2 atom stereocenters. The molecule has 1 aliphatic carbocycles. The number of hydrogen-bond acceptors (Lipinski definition) is 4. The molecule has 0 spiro atoms. The Hall–Kier alpha value is -2.34. The number of benzene rings is 1. The van der Waals surface area contributed by atoms with Crippen molar-refractivity contribution in [1.82, 2.24) is 15.1 Å². The first kappa shape index (κ1) is 19.0. The van der Waals surface area contributed by atoms with Crippen molar-refractivity contribution in [3.63, 3.8) is 0 Å². The molecule has 2 aliphatic rings. The number of H-pyrrole nitrogens is 1. The van der Waals surface area contributed by atoms with Gasteiger partial charge in [-0.25, -0.2) is 0 Å². The third-order valence-corrected chi connectivity index (χ3v) is 6.33. The minimum Gasteiger partial charge on any atom is -0.497 e. The molecule has 3 N–H and O–H groups in total. The Morgan fingerprint density at radius 1 is 1.25 bits per heavy atom. The minimum atomic E-state index is 0.125. The van der Waals surface area contributed by atoms with E-state index in [1.807, 2.05) is 24.4 Å². The van der Waals surface area contributed by atoms with Gasteiger partial charge in [-0.1, -0.05) is 18.6 Å². The summed E-state index contributed by atoms with van der Waals surface area (Å²) in [4.78, 5) is 14.9. The van der Waals surface area contributed by atoms with E-state index in [2.05, 4.69) is 21.2 Å². The molecule has 28 heavy (non-hydrogen) atoms. The highest BCUT2D eigenvalue weighted by molar-refractivity contribution is 5.79. The van der Waals surface area contributed by atoms with Crippen molar-refractivity contribution >= 4 is 5.91 Å². The fraction of sp³-hybridized carbons (Fsp3) is 0.545. The molecule has 1 amide bonds.